The highest BCUT2D eigenvalue weighted by Gasteiger charge is 2.30. The molecule has 0 amide bonds. The number of carbonyl (C=O) groups excluding carboxylic acids is 3. The number of esters is 2. The Balaban J connectivity index is 1.59. The Labute approximate surface area is 169 Å². The lowest BCUT2D eigenvalue weighted by atomic mass is 10.0. The second-order valence-electron chi connectivity index (χ2n) is 6.69. The zero-order valence-electron chi connectivity index (χ0n) is 16.3. The molecule has 150 valence electrons. The second-order valence-corrected chi connectivity index (χ2v) is 6.69. The van der Waals surface area contributed by atoms with Crippen molar-refractivity contribution in [2.45, 2.75) is 32.6 Å². The number of fused-ring (bicyclic) bond motifs is 1. The smallest absolute Gasteiger partial charge is 0.349 e. The number of Topliss-reactive ketones (excluding diaryl/α,β-unsaturated/α-hetero) is 1. The van der Waals surface area contributed by atoms with Crippen LogP contribution in [0.2, 0.25) is 0 Å². The third kappa shape index (κ3) is 5.10. The lowest BCUT2D eigenvalue weighted by molar-refractivity contribution is -0.130. The highest BCUT2D eigenvalue weighted by molar-refractivity contribution is 6.27. The fourth-order valence-corrected chi connectivity index (χ4v) is 2.90. The summed E-state index contributed by atoms with van der Waals surface area (Å²) in [6.45, 7) is 2.54. The first-order valence-corrected chi connectivity index (χ1v) is 9.70. The van der Waals surface area contributed by atoms with Crippen LogP contribution in [0.1, 0.15) is 53.3 Å². The van der Waals surface area contributed by atoms with Gasteiger partial charge in [0, 0.05) is 11.9 Å². The predicted molar refractivity (Wildman–Crippen MR) is 109 cm³/mol. The minimum Gasteiger partial charge on any atom is -0.462 e. The van der Waals surface area contributed by atoms with Gasteiger partial charge in [-0.25, -0.2) is 9.59 Å². The Morgan fingerprint density at radius 1 is 1.03 bits per heavy atom. The maximum Gasteiger partial charge on any atom is 0.349 e. The van der Waals surface area contributed by atoms with E-state index in [1.807, 2.05) is 0 Å². The van der Waals surface area contributed by atoms with E-state index >= 15 is 0 Å². The maximum absolute atomic E-state index is 12.5. The Morgan fingerprint density at radius 3 is 2.55 bits per heavy atom. The zero-order valence-corrected chi connectivity index (χ0v) is 16.3. The predicted octanol–water partition coefficient (Wildman–Crippen LogP) is 4.52. The summed E-state index contributed by atoms with van der Waals surface area (Å²) in [6.07, 6.45) is 5.50. The van der Waals surface area contributed by atoms with Crippen LogP contribution < -0.4 is 10.1 Å². The first kappa shape index (κ1) is 20.3. The van der Waals surface area contributed by atoms with Crippen LogP contribution in [0.15, 0.2) is 60.3 Å². The molecule has 1 N–H and O–H groups in total. The molecule has 0 atom stereocenters. The van der Waals surface area contributed by atoms with Crippen molar-refractivity contribution in [2.24, 2.45) is 0 Å². The van der Waals surface area contributed by atoms with Gasteiger partial charge in [0.1, 0.15) is 11.3 Å². The van der Waals surface area contributed by atoms with Crippen molar-refractivity contribution in [3.05, 3.63) is 71.4 Å². The van der Waals surface area contributed by atoms with E-state index in [9.17, 15) is 14.4 Å². The van der Waals surface area contributed by atoms with E-state index in [0.29, 0.717) is 23.4 Å². The molecule has 2 aromatic rings. The molecular weight excluding hydrogens is 370 g/mol. The third-order valence-corrected chi connectivity index (χ3v) is 4.53. The molecule has 2 aromatic carbocycles. The van der Waals surface area contributed by atoms with Gasteiger partial charge in [-0.2, -0.15) is 0 Å². The number of ether oxygens (including phenoxy) is 2. The van der Waals surface area contributed by atoms with Gasteiger partial charge < -0.3 is 14.8 Å². The van der Waals surface area contributed by atoms with Gasteiger partial charge in [0.2, 0.25) is 5.78 Å². The van der Waals surface area contributed by atoms with Gasteiger partial charge in [0.25, 0.3) is 0 Å². The van der Waals surface area contributed by atoms with Crippen LogP contribution >= 0.6 is 0 Å². The van der Waals surface area contributed by atoms with Gasteiger partial charge in [-0.05, 0) is 42.8 Å². The van der Waals surface area contributed by atoms with Crippen LogP contribution in [0.25, 0.3) is 0 Å². The molecule has 1 aliphatic heterocycles. The van der Waals surface area contributed by atoms with E-state index in [1.54, 1.807) is 48.5 Å². The van der Waals surface area contributed by atoms with E-state index in [-0.39, 0.29) is 17.3 Å². The van der Waals surface area contributed by atoms with Gasteiger partial charge in [-0.15, -0.1) is 0 Å². The van der Waals surface area contributed by atoms with Gasteiger partial charge in [0.05, 0.1) is 17.7 Å². The second kappa shape index (κ2) is 9.68. The Kier molecular flexibility index (Phi) is 6.79. The lowest BCUT2D eigenvalue weighted by Gasteiger charge is -2.16. The highest BCUT2D eigenvalue weighted by Crippen LogP contribution is 2.27. The Bertz CT molecular complexity index is 931. The molecule has 29 heavy (non-hydrogen) atoms. The SMILES string of the molecule is CCCCCCOC(=O)c1ccc(NC=C2C(=O)Oc3ccccc3C2=O)cc1. The summed E-state index contributed by atoms with van der Waals surface area (Å²) in [4.78, 5) is 36.6. The van der Waals surface area contributed by atoms with Crippen molar-refractivity contribution in [2.75, 3.05) is 11.9 Å². The number of rotatable bonds is 8. The van der Waals surface area contributed by atoms with Crippen molar-refractivity contribution in [1.29, 1.82) is 0 Å². The quantitative estimate of drug-likeness (QED) is 0.233. The van der Waals surface area contributed by atoms with Crippen molar-refractivity contribution in [3.8, 4) is 5.75 Å². The average molecular weight is 393 g/mol. The van der Waals surface area contributed by atoms with Crippen LogP contribution in [0.3, 0.4) is 0 Å². The van der Waals surface area contributed by atoms with Crippen molar-refractivity contribution < 1.29 is 23.9 Å². The lowest BCUT2D eigenvalue weighted by Crippen LogP contribution is -2.25. The molecule has 0 fully saturated rings. The van der Waals surface area contributed by atoms with E-state index in [2.05, 4.69) is 12.2 Å². The van der Waals surface area contributed by atoms with Gasteiger partial charge in [-0.1, -0.05) is 38.3 Å². The Morgan fingerprint density at radius 2 is 1.79 bits per heavy atom. The van der Waals surface area contributed by atoms with Gasteiger partial charge in [0.15, 0.2) is 0 Å². The van der Waals surface area contributed by atoms with Crippen molar-refractivity contribution in [3.63, 3.8) is 0 Å². The molecule has 1 aliphatic rings. The molecule has 0 aliphatic carbocycles. The molecule has 0 saturated heterocycles. The first-order valence-electron chi connectivity index (χ1n) is 9.70. The van der Waals surface area contributed by atoms with E-state index in [4.69, 9.17) is 9.47 Å². The summed E-state index contributed by atoms with van der Waals surface area (Å²) >= 11 is 0. The standard InChI is InChI=1S/C23H23NO5/c1-2-3-4-7-14-28-22(26)16-10-12-17(13-11-16)24-15-19-21(25)18-8-5-6-9-20(18)29-23(19)27/h5-6,8-13,15,24H,2-4,7,14H2,1H3. The van der Waals surface area contributed by atoms with E-state index in [1.165, 1.54) is 6.20 Å². The molecule has 3 rings (SSSR count). The highest BCUT2D eigenvalue weighted by atomic mass is 16.5. The number of benzene rings is 2. The summed E-state index contributed by atoms with van der Waals surface area (Å²) in [6, 6.07) is 13.2. The average Bonchev–Trinajstić information content (AvgIpc) is 2.73. The minimum atomic E-state index is -0.704. The molecule has 0 unspecified atom stereocenters. The van der Waals surface area contributed by atoms with Gasteiger partial charge in [-0.3, -0.25) is 4.79 Å². The molecule has 6 heteroatoms. The summed E-state index contributed by atoms with van der Waals surface area (Å²) in [5.74, 6) is -1.21. The number of para-hydroxylation sites is 1. The van der Waals surface area contributed by atoms with Gasteiger partial charge >= 0.3 is 11.9 Å². The number of hydrogen-bond donors (Lipinski definition) is 1. The molecule has 0 spiro atoms. The van der Waals surface area contributed by atoms with Crippen LogP contribution in [0, 0.1) is 0 Å². The number of nitrogens with one attached hydrogen (secondary N) is 1. The molecule has 0 radical (unpaired) electrons. The molecule has 0 saturated carbocycles. The molecule has 0 bridgehead atoms. The monoisotopic (exact) mass is 393 g/mol. The van der Waals surface area contributed by atoms with Crippen LogP contribution in [0.4, 0.5) is 5.69 Å². The number of ketones is 1. The number of anilines is 1. The van der Waals surface area contributed by atoms with E-state index in [0.717, 1.165) is 25.7 Å². The summed E-state index contributed by atoms with van der Waals surface area (Å²) in [7, 11) is 0. The first-order chi connectivity index (χ1) is 14.1. The van der Waals surface area contributed by atoms with E-state index < -0.39 is 11.8 Å². The fraction of sp³-hybridized carbons (Fsp3) is 0.261. The largest absolute Gasteiger partial charge is 0.462 e. The summed E-state index contributed by atoms with van der Waals surface area (Å²) in [5.41, 5.74) is 1.33. The zero-order chi connectivity index (χ0) is 20.6. The number of unbranched alkanes of at least 4 members (excludes halogenated alkanes) is 3. The molecule has 1 heterocycles. The fourth-order valence-electron chi connectivity index (χ4n) is 2.90. The normalized spacial score (nSPS) is 14.3. The number of carbonyl (C=O) groups is 3. The Hall–Kier alpha value is -3.41. The number of hydrogen-bond acceptors (Lipinski definition) is 6. The van der Waals surface area contributed by atoms with Crippen molar-refractivity contribution >= 4 is 23.4 Å². The maximum atomic E-state index is 12.5. The van der Waals surface area contributed by atoms with Crippen LogP contribution in [-0.4, -0.2) is 24.3 Å². The topological polar surface area (TPSA) is 81.7 Å². The summed E-state index contributed by atoms with van der Waals surface area (Å²) < 4.78 is 10.4. The molecular formula is C23H23NO5. The molecule has 6 nitrogen and oxygen atoms in total. The molecule has 0 aromatic heterocycles. The summed E-state index contributed by atoms with van der Waals surface area (Å²) in [5, 5.41) is 2.90. The van der Waals surface area contributed by atoms with Crippen molar-refractivity contribution in [1.82, 2.24) is 0 Å². The van der Waals surface area contributed by atoms with Crippen LogP contribution in [0.5, 0.6) is 5.75 Å². The van der Waals surface area contributed by atoms with Crippen LogP contribution in [-0.2, 0) is 9.53 Å². The minimum absolute atomic E-state index is 0.0840. The third-order valence-electron chi connectivity index (χ3n) is 4.53.